The number of likely N-dealkylation sites (N-methyl/N-ethyl adjacent to an activating group) is 1. The molecule has 100 valence electrons. The fourth-order valence-corrected chi connectivity index (χ4v) is 1.56. The first-order valence-corrected chi connectivity index (χ1v) is 5.63. The molecular formula is C12H13N3O4. The van der Waals surface area contributed by atoms with Gasteiger partial charge >= 0.3 is 12.1 Å². The Labute approximate surface area is 109 Å². The van der Waals surface area contributed by atoms with E-state index in [2.05, 4.69) is 10.6 Å². The van der Waals surface area contributed by atoms with Crippen molar-refractivity contribution in [3.05, 3.63) is 35.9 Å². The van der Waals surface area contributed by atoms with Crippen LogP contribution in [0.5, 0.6) is 0 Å². The fourth-order valence-electron chi connectivity index (χ4n) is 1.56. The molecule has 1 heterocycles. The Morgan fingerprint density at radius 1 is 1.37 bits per heavy atom. The van der Waals surface area contributed by atoms with Gasteiger partial charge in [0.25, 0.3) is 5.91 Å². The maximum atomic E-state index is 11.5. The molecule has 1 aromatic rings. The summed E-state index contributed by atoms with van der Waals surface area (Å²) in [7, 11) is 1.33. The molecule has 2 rings (SSSR count). The third-order valence-electron chi connectivity index (χ3n) is 2.62. The minimum atomic E-state index is -1.07. The number of rotatable bonds is 3. The number of ether oxygens (including phenoxy) is 1. The highest BCUT2D eigenvalue weighted by Crippen LogP contribution is 2.03. The van der Waals surface area contributed by atoms with Crippen molar-refractivity contribution >= 4 is 18.0 Å². The van der Waals surface area contributed by atoms with Crippen LogP contribution >= 0.6 is 0 Å². The third kappa shape index (κ3) is 3.01. The van der Waals surface area contributed by atoms with Crippen molar-refractivity contribution in [2.75, 3.05) is 7.05 Å². The molecule has 1 aliphatic rings. The van der Waals surface area contributed by atoms with Gasteiger partial charge in [-0.3, -0.25) is 15.0 Å². The lowest BCUT2D eigenvalue weighted by Crippen LogP contribution is -2.46. The van der Waals surface area contributed by atoms with Crippen LogP contribution in [0.25, 0.3) is 0 Å². The number of hydrogen-bond acceptors (Lipinski definition) is 4. The van der Waals surface area contributed by atoms with Crippen molar-refractivity contribution in [3.63, 3.8) is 0 Å². The molecule has 0 aromatic heterocycles. The molecule has 1 unspecified atom stereocenters. The predicted octanol–water partition coefficient (Wildman–Crippen LogP) is 0.420. The second-order valence-corrected chi connectivity index (χ2v) is 3.99. The fraction of sp³-hybridized carbons (Fsp3) is 0.250. The van der Waals surface area contributed by atoms with Crippen LogP contribution in [-0.4, -0.2) is 36.1 Å². The molecule has 7 nitrogen and oxygen atoms in total. The number of nitrogens with zero attached hydrogens (tertiary/aromatic N) is 1. The van der Waals surface area contributed by atoms with E-state index in [0.717, 1.165) is 10.5 Å². The number of hydrogen-bond donors (Lipinski definition) is 2. The van der Waals surface area contributed by atoms with E-state index in [-0.39, 0.29) is 6.61 Å². The van der Waals surface area contributed by atoms with Crippen LogP contribution in [0.2, 0.25) is 0 Å². The van der Waals surface area contributed by atoms with Gasteiger partial charge in [0.15, 0.2) is 6.17 Å². The van der Waals surface area contributed by atoms with Crippen molar-refractivity contribution in [2.45, 2.75) is 12.8 Å². The van der Waals surface area contributed by atoms with E-state index < -0.39 is 24.2 Å². The number of urea groups is 1. The Hall–Kier alpha value is -2.57. The van der Waals surface area contributed by atoms with E-state index in [9.17, 15) is 14.4 Å². The quantitative estimate of drug-likeness (QED) is 0.774. The van der Waals surface area contributed by atoms with Gasteiger partial charge in [0.2, 0.25) is 0 Å². The Morgan fingerprint density at radius 2 is 2.05 bits per heavy atom. The molecule has 4 amide bonds. The number of imide groups is 1. The predicted molar refractivity (Wildman–Crippen MR) is 64.9 cm³/mol. The van der Waals surface area contributed by atoms with Crippen molar-refractivity contribution in [1.82, 2.24) is 15.5 Å². The summed E-state index contributed by atoms with van der Waals surface area (Å²) in [5, 5.41) is 4.58. The van der Waals surface area contributed by atoms with Gasteiger partial charge in [-0.15, -0.1) is 0 Å². The van der Waals surface area contributed by atoms with Gasteiger partial charge in [0, 0.05) is 7.05 Å². The number of carbonyl (C=O) groups is 3. The maximum Gasteiger partial charge on any atom is 0.409 e. The van der Waals surface area contributed by atoms with E-state index in [0.29, 0.717) is 0 Å². The van der Waals surface area contributed by atoms with E-state index in [1.54, 1.807) is 0 Å². The molecule has 0 radical (unpaired) electrons. The van der Waals surface area contributed by atoms with Crippen LogP contribution in [0.4, 0.5) is 9.59 Å². The number of nitrogens with one attached hydrogen (secondary N) is 2. The van der Waals surface area contributed by atoms with Gasteiger partial charge < -0.3 is 10.1 Å². The molecule has 7 heteroatoms. The average molecular weight is 263 g/mol. The van der Waals surface area contributed by atoms with Crippen molar-refractivity contribution in [1.29, 1.82) is 0 Å². The summed E-state index contributed by atoms with van der Waals surface area (Å²) in [6.07, 6.45) is -1.83. The minimum Gasteiger partial charge on any atom is -0.445 e. The summed E-state index contributed by atoms with van der Waals surface area (Å²) in [6, 6.07) is 8.57. The van der Waals surface area contributed by atoms with Crippen molar-refractivity contribution < 1.29 is 19.1 Å². The van der Waals surface area contributed by atoms with Crippen LogP contribution in [0.3, 0.4) is 0 Å². The highest BCUT2D eigenvalue weighted by molar-refractivity contribution is 6.04. The van der Waals surface area contributed by atoms with Gasteiger partial charge in [0.05, 0.1) is 0 Å². The Balaban J connectivity index is 1.82. The number of carbonyl (C=O) groups excluding carboxylic acids is 3. The summed E-state index contributed by atoms with van der Waals surface area (Å²) in [4.78, 5) is 35.0. The van der Waals surface area contributed by atoms with Crippen molar-refractivity contribution in [3.8, 4) is 0 Å². The molecule has 0 saturated carbocycles. The van der Waals surface area contributed by atoms with Crippen LogP contribution in [0.1, 0.15) is 5.56 Å². The Kier molecular flexibility index (Phi) is 3.65. The highest BCUT2D eigenvalue weighted by atomic mass is 16.5. The van der Waals surface area contributed by atoms with Crippen LogP contribution in [0, 0.1) is 0 Å². The first kappa shape index (κ1) is 12.9. The standard InChI is InChI=1S/C12H13N3O4/c1-15-10(16)9(13-11(15)17)14-12(18)19-7-8-5-3-2-4-6-8/h2-6,9H,7H2,1H3,(H,13,17)(H,14,18). The van der Waals surface area contributed by atoms with Crippen LogP contribution in [-0.2, 0) is 16.1 Å². The minimum absolute atomic E-state index is 0.0946. The van der Waals surface area contributed by atoms with E-state index >= 15 is 0 Å². The number of amides is 4. The summed E-state index contributed by atoms with van der Waals surface area (Å²) >= 11 is 0. The molecule has 1 aromatic carbocycles. The number of alkyl carbamates (subject to hydrolysis) is 1. The average Bonchev–Trinajstić information content (AvgIpc) is 2.65. The normalized spacial score (nSPS) is 18.2. The zero-order chi connectivity index (χ0) is 13.8. The first-order chi connectivity index (χ1) is 9.08. The van der Waals surface area contributed by atoms with E-state index in [1.165, 1.54) is 7.05 Å². The second-order valence-electron chi connectivity index (χ2n) is 3.99. The zero-order valence-electron chi connectivity index (χ0n) is 10.3. The molecule has 0 spiro atoms. The number of benzene rings is 1. The largest absolute Gasteiger partial charge is 0.445 e. The molecule has 0 aliphatic carbocycles. The summed E-state index contributed by atoms with van der Waals surface area (Å²) in [5.74, 6) is -0.526. The van der Waals surface area contributed by atoms with Gasteiger partial charge in [-0.2, -0.15) is 0 Å². The second kappa shape index (κ2) is 5.38. The zero-order valence-corrected chi connectivity index (χ0v) is 10.3. The lowest BCUT2D eigenvalue weighted by atomic mass is 10.2. The molecule has 1 saturated heterocycles. The molecule has 2 N–H and O–H groups in total. The van der Waals surface area contributed by atoms with Crippen LogP contribution < -0.4 is 10.6 Å². The molecule has 1 aliphatic heterocycles. The summed E-state index contributed by atoms with van der Waals surface area (Å²) in [5.41, 5.74) is 0.830. The SMILES string of the molecule is CN1C(=O)NC(NC(=O)OCc2ccccc2)C1=O. The van der Waals surface area contributed by atoms with E-state index in [1.807, 2.05) is 30.3 Å². The highest BCUT2D eigenvalue weighted by Gasteiger charge is 2.36. The molecule has 1 atom stereocenters. The Morgan fingerprint density at radius 3 is 2.63 bits per heavy atom. The smallest absolute Gasteiger partial charge is 0.409 e. The Bertz CT molecular complexity index is 503. The monoisotopic (exact) mass is 263 g/mol. The van der Waals surface area contributed by atoms with Gasteiger partial charge in [-0.05, 0) is 5.56 Å². The summed E-state index contributed by atoms with van der Waals surface area (Å²) in [6.45, 7) is 0.0946. The maximum absolute atomic E-state index is 11.5. The van der Waals surface area contributed by atoms with Crippen LogP contribution in [0.15, 0.2) is 30.3 Å². The lowest BCUT2D eigenvalue weighted by Gasteiger charge is -2.11. The topological polar surface area (TPSA) is 87.7 Å². The first-order valence-electron chi connectivity index (χ1n) is 5.63. The van der Waals surface area contributed by atoms with Gasteiger partial charge in [0.1, 0.15) is 6.61 Å². The van der Waals surface area contributed by atoms with Crippen molar-refractivity contribution in [2.24, 2.45) is 0 Å². The van der Waals surface area contributed by atoms with Gasteiger partial charge in [-0.25, -0.2) is 9.59 Å². The van der Waals surface area contributed by atoms with E-state index in [4.69, 9.17) is 4.74 Å². The summed E-state index contributed by atoms with van der Waals surface area (Å²) < 4.78 is 4.94. The molecule has 0 bridgehead atoms. The molecule has 19 heavy (non-hydrogen) atoms. The van der Waals surface area contributed by atoms with Gasteiger partial charge in [-0.1, -0.05) is 30.3 Å². The molecular weight excluding hydrogens is 250 g/mol. The lowest BCUT2D eigenvalue weighted by molar-refractivity contribution is -0.127. The third-order valence-corrected chi connectivity index (χ3v) is 2.62. The molecule has 1 fully saturated rings.